The van der Waals surface area contributed by atoms with Crippen LogP contribution in [0.4, 0.5) is 18.0 Å². The van der Waals surface area contributed by atoms with Gasteiger partial charge in [-0.1, -0.05) is 60.7 Å². The Morgan fingerprint density at radius 3 is 1.65 bits per heavy atom. The molecule has 0 aliphatic carbocycles. The Morgan fingerprint density at radius 2 is 1.25 bits per heavy atom. The number of hydrogen-bond donors (Lipinski definition) is 6. The van der Waals surface area contributed by atoms with E-state index >= 15 is 0 Å². The standard InChI is InChI=1S/C28H39F3N4O5/c1-27(2,3)40-26(39)35-21(15-19-12-8-5-9-13-19)23(37)17-33-16-22(36)20(14-18-10-6-4-7-11-18)34-25(38)24(32)28(29,30)31/h4-13,20-24,33,36-37H,14-17,32H2,1-3H3,(H,34,38)(H,35,39)/t20-,21-,22+,23+,24?/m0/s1. The number of ether oxygens (including phenoxy) is 1. The van der Waals surface area contributed by atoms with Crippen LogP contribution in [0.3, 0.4) is 0 Å². The Bertz CT molecular complexity index is 1050. The lowest BCUT2D eigenvalue weighted by Gasteiger charge is -2.29. The van der Waals surface area contributed by atoms with E-state index in [1.165, 1.54) is 0 Å². The largest absolute Gasteiger partial charge is 0.444 e. The van der Waals surface area contributed by atoms with Gasteiger partial charge in [0, 0.05) is 13.1 Å². The fourth-order valence-electron chi connectivity index (χ4n) is 3.85. The molecule has 1 unspecified atom stereocenters. The van der Waals surface area contributed by atoms with Crippen LogP contribution in [-0.2, 0) is 22.4 Å². The van der Waals surface area contributed by atoms with Gasteiger partial charge in [0.2, 0.25) is 5.91 Å². The molecule has 0 fully saturated rings. The molecule has 12 heteroatoms. The van der Waals surface area contributed by atoms with Gasteiger partial charge in [0.1, 0.15) is 5.60 Å². The number of carbonyl (C=O) groups excluding carboxylic acids is 2. The van der Waals surface area contributed by atoms with Crippen molar-refractivity contribution in [3.05, 3.63) is 71.8 Å². The predicted molar refractivity (Wildman–Crippen MR) is 144 cm³/mol. The normalized spacial score (nSPS) is 15.8. The maximum absolute atomic E-state index is 13.0. The van der Waals surface area contributed by atoms with E-state index in [2.05, 4.69) is 16.0 Å². The number of alkyl halides is 3. The van der Waals surface area contributed by atoms with Crippen LogP contribution in [0.1, 0.15) is 31.9 Å². The van der Waals surface area contributed by atoms with Crippen LogP contribution < -0.4 is 21.7 Å². The molecule has 0 aromatic heterocycles. The fourth-order valence-corrected chi connectivity index (χ4v) is 3.85. The zero-order valence-corrected chi connectivity index (χ0v) is 22.8. The molecular weight excluding hydrogens is 529 g/mol. The Hall–Kier alpha value is -3.19. The zero-order valence-electron chi connectivity index (χ0n) is 22.8. The van der Waals surface area contributed by atoms with Gasteiger partial charge in [0.15, 0.2) is 6.04 Å². The number of alkyl carbamates (subject to hydrolysis) is 1. The van der Waals surface area contributed by atoms with Crippen LogP contribution in [-0.4, -0.2) is 77.4 Å². The number of aliphatic hydroxyl groups is 2. The molecule has 9 nitrogen and oxygen atoms in total. The van der Waals surface area contributed by atoms with Crippen LogP contribution >= 0.6 is 0 Å². The lowest BCUT2D eigenvalue weighted by molar-refractivity contribution is -0.163. The summed E-state index contributed by atoms with van der Waals surface area (Å²) in [5, 5.41) is 29.4. The van der Waals surface area contributed by atoms with E-state index in [1.54, 1.807) is 51.1 Å². The number of nitrogens with two attached hydrogens (primary N) is 1. The van der Waals surface area contributed by atoms with Crippen molar-refractivity contribution in [1.29, 1.82) is 0 Å². The molecule has 0 bridgehead atoms. The molecule has 0 spiro atoms. The van der Waals surface area contributed by atoms with Gasteiger partial charge in [0.05, 0.1) is 24.3 Å². The summed E-state index contributed by atoms with van der Waals surface area (Å²) in [6.07, 6.45) is -7.78. The van der Waals surface area contributed by atoms with Crippen molar-refractivity contribution in [3.8, 4) is 0 Å². The Labute approximate surface area is 232 Å². The highest BCUT2D eigenvalue weighted by atomic mass is 19.4. The number of carbonyl (C=O) groups is 2. The minimum absolute atomic E-state index is 0.0411. The molecule has 2 rings (SSSR count). The molecule has 222 valence electrons. The van der Waals surface area contributed by atoms with E-state index in [1.807, 2.05) is 30.3 Å². The minimum Gasteiger partial charge on any atom is -0.444 e. The van der Waals surface area contributed by atoms with Crippen molar-refractivity contribution >= 4 is 12.0 Å². The average Bonchev–Trinajstić information content (AvgIpc) is 2.86. The van der Waals surface area contributed by atoms with Gasteiger partial charge in [-0.25, -0.2) is 4.79 Å². The molecule has 0 aliphatic heterocycles. The smallest absolute Gasteiger partial charge is 0.412 e. The number of amides is 2. The molecule has 0 aliphatic rings. The van der Waals surface area contributed by atoms with Gasteiger partial charge in [-0.3, -0.25) is 4.79 Å². The third-order valence-corrected chi connectivity index (χ3v) is 5.90. The van der Waals surface area contributed by atoms with Crippen molar-refractivity contribution < 1.29 is 37.7 Å². The molecule has 0 saturated carbocycles. The van der Waals surface area contributed by atoms with Gasteiger partial charge >= 0.3 is 12.3 Å². The number of hydrogen-bond acceptors (Lipinski definition) is 7. The molecule has 5 atom stereocenters. The fraction of sp³-hybridized carbons (Fsp3) is 0.500. The molecule has 2 aromatic carbocycles. The van der Waals surface area contributed by atoms with Crippen LogP contribution in [0.15, 0.2) is 60.7 Å². The lowest BCUT2D eigenvalue weighted by Crippen LogP contribution is -2.57. The van der Waals surface area contributed by atoms with Gasteiger partial charge < -0.3 is 36.6 Å². The van der Waals surface area contributed by atoms with E-state index in [9.17, 15) is 33.0 Å². The van der Waals surface area contributed by atoms with E-state index in [4.69, 9.17) is 10.5 Å². The van der Waals surface area contributed by atoms with E-state index in [0.717, 1.165) is 5.56 Å². The van der Waals surface area contributed by atoms with Crippen LogP contribution in [0, 0.1) is 0 Å². The second-order valence-electron chi connectivity index (χ2n) is 10.6. The maximum Gasteiger partial charge on any atom is 0.412 e. The second kappa shape index (κ2) is 15.0. The number of benzene rings is 2. The number of aliphatic hydroxyl groups excluding tert-OH is 2. The summed E-state index contributed by atoms with van der Waals surface area (Å²) in [7, 11) is 0. The quantitative estimate of drug-likeness (QED) is 0.217. The highest BCUT2D eigenvalue weighted by Crippen LogP contribution is 2.19. The minimum atomic E-state index is -4.94. The Morgan fingerprint density at radius 1 is 0.825 bits per heavy atom. The zero-order chi connectivity index (χ0) is 29.9. The summed E-state index contributed by atoms with van der Waals surface area (Å²) >= 11 is 0. The van der Waals surface area contributed by atoms with Gasteiger partial charge in [-0.15, -0.1) is 0 Å². The molecule has 40 heavy (non-hydrogen) atoms. The van der Waals surface area contributed by atoms with Gasteiger partial charge in [0.25, 0.3) is 0 Å². The van der Waals surface area contributed by atoms with Crippen molar-refractivity contribution in [3.63, 3.8) is 0 Å². The molecule has 7 N–H and O–H groups in total. The summed E-state index contributed by atoms with van der Waals surface area (Å²) < 4.78 is 44.2. The summed E-state index contributed by atoms with van der Waals surface area (Å²) in [4.78, 5) is 24.6. The van der Waals surface area contributed by atoms with E-state index < -0.39 is 54.1 Å². The highest BCUT2D eigenvalue weighted by Gasteiger charge is 2.43. The first kappa shape index (κ1) is 33.0. The molecular formula is C28H39F3N4O5. The SMILES string of the molecule is CC(C)(C)OC(=O)N[C@@H](Cc1ccccc1)[C@H](O)CNC[C@@H](O)[C@H](Cc1ccccc1)NC(=O)C(N)C(F)(F)F. The van der Waals surface area contributed by atoms with Crippen molar-refractivity contribution in [2.45, 2.75) is 75.7 Å². The number of rotatable bonds is 13. The topological polar surface area (TPSA) is 146 Å². The van der Waals surface area contributed by atoms with Crippen molar-refractivity contribution in [2.75, 3.05) is 13.1 Å². The van der Waals surface area contributed by atoms with E-state index in [0.29, 0.717) is 5.56 Å². The summed E-state index contributed by atoms with van der Waals surface area (Å²) in [6.45, 7) is 4.87. The maximum atomic E-state index is 13.0. The van der Waals surface area contributed by atoms with Crippen LogP contribution in [0.2, 0.25) is 0 Å². The molecule has 2 amide bonds. The summed E-state index contributed by atoms with van der Waals surface area (Å²) in [6, 6.07) is 13.2. The van der Waals surface area contributed by atoms with Crippen molar-refractivity contribution in [2.24, 2.45) is 5.73 Å². The first-order valence-electron chi connectivity index (χ1n) is 12.9. The monoisotopic (exact) mass is 568 g/mol. The van der Waals surface area contributed by atoms with Gasteiger partial charge in [-0.2, -0.15) is 13.2 Å². The molecule has 0 heterocycles. The third kappa shape index (κ3) is 11.9. The third-order valence-electron chi connectivity index (χ3n) is 5.90. The molecule has 2 aromatic rings. The number of halogens is 3. The Kier molecular flexibility index (Phi) is 12.4. The molecule has 0 saturated heterocycles. The molecule has 0 radical (unpaired) electrons. The number of nitrogens with one attached hydrogen (secondary N) is 3. The van der Waals surface area contributed by atoms with Crippen molar-refractivity contribution in [1.82, 2.24) is 16.0 Å². The Balaban J connectivity index is 2.06. The lowest BCUT2D eigenvalue weighted by atomic mass is 9.99. The highest BCUT2D eigenvalue weighted by molar-refractivity contribution is 5.82. The average molecular weight is 569 g/mol. The predicted octanol–water partition coefficient (Wildman–Crippen LogP) is 2.05. The second-order valence-corrected chi connectivity index (χ2v) is 10.6. The van der Waals surface area contributed by atoms with Gasteiger partial charge in [-0.05, 0) is 44.7 Å². The van der Waals surface area contributed by atoms with Crippen LogP contribution in [0.25, 0.3) is 0 Å². The van der Waals surface area contributed by atoms with Crippen LogP contribution in [0.5, 0.6) is 0 Å². The summed E-state index contributed by atoms with van der Waals surface area (Å²) in [5.74, 6) is -1.46. The first-order chi connectivity index (χ1) is 18.7. The van der Waals surface area contributed by atoms with E-state index in [-0.39, 0.29) is 25.9 Å². The first-order valence-corrected chi connectivity index (χ1v) is 12.9. The summed E-state index contributed by atoms with van der Waals surface area (Å²) in [5.41, 5.74) is 5.82.